The van der Waals surface area contributed by atoms with Crippen molar-refractivity contribution in [3.8, 4) is 16.9 Å². The third kappa shape index (κ3) is 3.24. The summed E-state index contributed by atoms with van der Waals surface area (Å²) in [5.41, 5.74) is 0.958. The Kier molecular flexibility index (Phi) is 3.46. The average Bonchev–Trinajstić information content (AvgIpc) is 2.31. The maximum Gasteiger partial charge on any atom is 0.573 e. The van der Waals surface area contributed by atoms with E-state index < -0.39 is 12.2 Å². The minimum Gasteiger partial charge on any atom is -0.405 e. The van der Waals surface area contributed by atoms with Crippen LogP contribution in [-0.4, -0.2) is 6.36 Å². The minimum absolute atomic E-state index is 0.193. The van der Waals surface area contributed by atoms with Crippen molar-refractivity contribution in [1.29, 1.82) is 0 Å². The summed E-state index contributed by atoms with van der Waals surface area (Å²) in [6.07, 6.45) is -4.78. The molecular weight excluding hydrogens is 260 g/mol. The van der Waals surface area contributed by atoms with Gasteiger partial charge in [-0.2, -0.15) is 0 Å². The van der Waals surface area contributed by atoms with E-state index in [1.54, 1.807) is 19.1 Å². The predicted molar refractivity (Wildman–Crippen MR) is 63.3 cm³/mol. The van der Waals surface area contributed by atoms with Gasteiger partial charge in [0, 0.05) is 5.56 Å². The van der Waals surface area contributed by atoms with Gasteiger partial charge in [0.25, 0.3) is 0 Å². The van der Waals surface area contributed by atoms with Crippen LogP contribution in [0.4, 0.5) is 17.6 Å². The third-order valence-corrected chi connectivity index (χ3v) is 2.60. The number of hydrogen-bond acceptors (Lipinski definition) is 1. The molecule has 0 saturated carbocycles. The van der Waals surface area contributed by atoms with Gasteiger partial charge in [-0.1, -0.05) is 30.3 Å². The van der Waals surface area contributed by atoms with Gasteiger partial charge in [-0.3, -0.25) is 0 Å². The standard InChI is InChI=1S/C14H10F4O/c1-9-6-7-10(8-12(9)15)11-4-2-3-5-13(11)19-14(16,17)18/h2-8H,1H3. The van der Waals surface area contributed by atoms with Crippen LogP contribution in [0.25, 0.3) is 11.1 Å². The summed E-state index contributed by atoms with van der Waals surface area (Å²) in [6, 6.07) is 9.89. The van der Waals surface area contributed by atoms with Crippen LogP contribution in [0.1, 0.15) is 5.56 Å². The van der Waals surface area contributed by atoms with Crippen LogP contribution >= 0.6 is 0 Å². The fraction of sp³-hybridized carbons (Fsp3) is 0.143. The van der Waals surface area contributed by atoms with Crippen molar-refractivity contribution in [3.63, 3.8) is 0 Å². The molecule has 0 aromatic heterocycles. The first-order chi connectivity index (χ1) is 8.87. The second-order valence-corrected chi connectivity index (χ2v) is 4.01. The number of benzene rings is 2. The maximum atomic E-state index is 13.5. The van der Waals surface area contributed by atoms with Gasteiger partial charge in [0.05, 0.1) is 0 Å². The molecule has 0 amide bonds. The lowest BCUT2D eigenvalue weighted by molar-refractivity contribution is -0.274. The quantitative estimate of drug-likeness (QED) is 0.719. The largest absolute Gasteiger partial charge is 0.573 e. The molecule has 1 nitrogen and oxygen atoms in total. The fourth-order valence-corrected chi connectivity index (χ4v) is 1.68. The van der Waals surface area contributed by atoms with Crippen molar-refractivity contribution in [2.24, 2.45) is 0 Å². The van der Waals surface area contributed by atoms with Crippen LogP contribution < -0.4 is 4.74 Å². The second-order valence-electron chi connectivity index (χ2n) is 4.01. The summed E-state index contributed by atoms with van der Waals surface area (Å²) in [4.78, 5) is 0. The van der Waals surface area contributed by atoms with Crippen molar-refractivity contribution >= 4 is 0 Å². The van der Waals surface area contributed by atoms with Crippen LogP contribution in [0.2, 0.25) is 0 Å². The number of rotatable bonds is 2. The molecule has 2 rings (SSSR count). The number of hydrogen-bond donors (Lipinski definition) is 0. The highest BCUT2D eigenvalue weighted by atomic mass is 19.4. The van der Waals surface area contributed by atoms with E-state index in [4.69, 9.17) is 0 Å². The highest BCUT2D eigenvalue weighted by Crippen LogP contribution is 2.34. The average molecular weight is 270 g/mol. The minimum atomic E-state index is -4.78. The van der Waals surface area contributed by atoms with Gasteiger partial charge >= 0.3 is 6.36 Å². The zero-order chi connectivity index (χ0) is 14.0. The molecule has 0 aliphatic carbocycles. The Morgan fingerprint density at radius 1 is 1.00 bits per heavy atom. The number of alkyl halides is 3. The molecule has 2 aromatic carbocycles. The van der Waals surface area contributed by atoms with E-state index in [1.165, 1.54) is 30.3 Å². The summed E-state index contributed by atoms with van der Waals surface area (Å²) in [5.74, 6) is -0.822. The van der Waals surface area contributed by atoms with Gasteiger partial charge in [-0.05, 0) is 30.2 Å². The summed E-state index contributed by atoms with van der Waals surface area (Å²) >= 11 is 0. The Bertz CT molecular complexity index is 590. The van der Waals surface area contributed by atoms with E-state index >= 15 is 0 Å². The van der Waals surface area contributed by atoms with E-state index in [1.807, 2.05) is 0 Å². The molecule has 0 spiro atoms. The molecule has 0 aliphatic heterocycles. The number of para-hydroxylation sites is 1. The number of aryl methyl sites for hydroxylation is 1. The van der Waals surface area contributed by atoms with Crippen molar-refractivity contribution in [1.82, 2.24) is 0 Å². The smallest absolute Gasteiger partial charge is 0.405 e. The van der Waals surface area contributed by atoms with Gasteiger partial charge in [-0.25, -0.2) is 4.39 Å². The lowest BCUT2D eigenvalue weighted by Crippen LogP contribution is -2.17. The van der Waals surface area contributed by atoms with E-state index in [0.717, 1.165) is 0 Å². The Hall–Kier alpha value is -2.04. The maximum absolute atomic E-state index is 13.5. The van der Waals surface area contributed by atoms with Gasteiger partial charge in [-0.15, -0.1) is 13.2 Å². The highest BCUT2D eigenvalue weighted by Gasteiger charge is 2.32. The molecule has 5 heteroatoms. The van der Waals surface area contributed by atoms with Crippen molar-refractivity contribution in [3.05, 3.63) is 53.8 Å². The Labute approximate surface area is 107 Å². The normalized spacial score (nSPS) is 11.4. The predicted octanol–water partition coefficient (Wildman–Crippen LogP) is 4.70. The Balaban J connectivity index is 2.47. The molecule has 0 fully saturated rings. The van der Waals surface area contributed by atoms with Gasteiger partial charge in [0.2, 0.25) is 0 Å². The molecular formula is C14H10F4O. The molecule has 0 bridgehead atoms. The van der Waals surface area contributed by atoms with Crippen molar-refractivity contribution in [2.75, 3.05) is 0 Å². The molecule has 0 heterocycles. The van der Waals surface area contributed by atoms with Crippen molar-refractivity contribution < 1.29 is 22.3 Å². The molecule has 19 heavy (non-hydrogen) atoms. The van der Waals surface area contributed by atoms with E-state index in [0.29, 0.717) is 11.1 Å². The molecule has 0 radical (unpaired) electrons. The lowest BCUT2D eigenvalue weighted by Gasteiger charge is -2.13. The van der Waals surface area contributed by atoms with Crippen molar-refractivity contribution in [2.45, 2.75) is 13.3 Å². The molecule has 100 valence electrons. The van der Waals surface area contributed by atoms with Gasteiger partial charge < -0.3 is 4.74 Å². The first-order valence-electron chi connectivity index (χ1n) is 5.48. The topological polar surface area (TPSA) is 9.23 Å². The summed E-state index contributed by atoms with van der Waals surface area (Å²) in [7, 11) is 0. The molecule has 0 N–H and O–H groups in total. The fourth-order valence-electron chi connectivity index (χ4n) is 1.68. The molecule has 0 atom stereocenters. The SMILES string of the molecule is Cc1ccc(-c2ccccc2OC(F)(F)F)cc1F. The molecule has 0 unspecified atom stereocenters. The monoisotopic (exact) mass is 270 g/mol. The summed E-state index contributed by atoms with van der Waals surface area (Å²) in [5, 5.41) is 0. The first-order valence-corrected chi connectivity index (χ1v) is 5.48. The third-order valence-electron chi connectivity index (χ3n) is 2.60. The van der Waals surface area contributed by atoms with Crippen LogP contribution in [-0.2, 0) is 0 Å². The zero-order valence-corrected chi connectivity index (χ0v) is 9.96. The molecule has 0 aliphatic rings. The molecule has 2 aromatic rings. The number of halogens is 4. The van der Waals surface area contributed by atoms with E-state index in [-0.39, 0.29) is 11.3 Å². The zero-order valence-electron chi connectivity index (χ0n) is 9.96. The first kappa shape index (κ1) is 13.4. The molecule has 0 saturated heterocycles. The highest BCUT2D eigenvalue weighted by molar-refractivity contribution is 5.70. The van der Waals surface area contributed by atoms with Crippen LogP contribution in [0.15, 0.2) is 42.5 Å². The van der Waals surface area contributed by atoms with E-state index in [2.05, 4.69) is 4.74 Å². The Morgan fingerprint density at radius 3 is 2.32 bits per heavy atom. The van der Waals surface area contributed by atoms with Crippen LogP contribution in [0, 0.1) is 12.7 Å². The Morgan fingerprint density at radius 2 is 1.68 bits per heavy atom. The van der Waals surface area contributed by atoms with E-state index in [9.17, 15) is 17.6 Å². The lowest BCUT2D eigenvalue weighted by atomic mass is 10.0. The number of ether oxygens (including phenoxy) is 1. The van der Waals surface area contributed by atoms with Crippen LogP contribution in [0.3, 0.4) is 0 Å². The van der Waals surface area contributed by atoms with Gasteiger partial charge in [0.15, 0.2) is 0 Å². The summed E-state index contributed by atoms with van der Waals surface area (Å²) < 4.78 is 54.3. The summed E-state index contributed by atoms with van der Waals surface area (Å²) in [6.45, 7) is 1.58. The van der Waals surface area contributed by atoms with Gasteiger partial charge in [0.1, 0.15) is 11.6 Å². The second kappa shape index (κ2) is 4.91. The van der Waals surface area contributed by atoms with Crippen LogP contribution in [0.5, 0.6) is 5.75 Å².